The Morgan fingerprint density at radius 1 is 1.10 bits per heavy atom. The molecule has 2 aliphatic rings. The highest BCUT2D eigenvalue weighted by Gasteiger charge is 2.21. The summed E-state index contributed by atoms with van der Waals surface area (Å²) in [5.74, 6) is -0.572. The third kappa shape index (κ3) is 5.63. The lowest BCUT2D eigenvalue weighted by molar-refractivity contribution is -0.138. The van der Waals surface area contributed by atoms with Gasteiger partial charge in [0.1, 0.15) is 0 Å². The van der Waals surface area contributed by atoms with E-state index in [1.807, 2.05) is 9.80 Å². The van der Waals surface area contributed by atoms with E-state index in [9.17, 15) is 9.59 Å². The summed E-state index contributed by atoms with van der Waals surface area (Å²) >= 11 is 0. The minimum Gasteiger partial charge on any atom is -0.480 e. The number of hydrogen-bond donors (Lipinski definition) is 2. The van der Waals surface area contributed by atoms with E-state index in [1.54, 1.807) is 0 Å². The second kappa shape index (κ2) is 8.34. The van der Waals surface area contributed by atoms with Gasteiger partial charge in [0.25, 0.3) is 0 Å². The molecule has 2 heterocycles. The number of amides is 1. The van der Waals surface area contributed by atoms with Crippen molar-refractivity contribution in [3.63, 3.8) is 0 Å². The molecule has 2 aliphatic heterocycles. The molecule has 0 aromatic rings. The van der Waals surface area contributed by atoms with Crippen LogP contribution in [0.4, 0.5) is 0 Å². The van der Waals surface area contributed by atoms with E-state index in [0.717, 1.165) is 32.5 Å². The Morgan fingerprint density at radius 3 is 2.67 bits per heavy atom. The van der Waals surface area contributed by atoms with Crippen molar-refractivity contribution in [2.24, 2.45) is 0 Å². The first-order valence-corrected chi connectivity index (χ1v) is 8.10. The Labute approximate surface area is 126 Å². The molecule has 120 valence electrons. The molecule has 2 saturated heterocycles. The van der Waals surface area contributed by atoms with E-state index in [0.29, 0.717) is 25.6 Å². The summed E-state index contributed by atoms with van der Waals surface area (Å²) < 4.78 is 0. The number of nitrogens with zero attached hydrogens (tertiary/aromatic N) is 2. The molecule has 0 bridgehead atoms. The summed E-state index contributed by atoms with van der Waals surface area (Å²) in [4.78, 5) is 26.9. The molecule has 2 N–H and O–H groups in total. The van der Waals surface area contributed by atoms with Gasteiger partial charge in [-0.3, -0.25) is 14.5 Å². The van der Waals surface area contributed by atoms with Crippen LogP contribution in [0.15, 0.2) is 0 Å². The summed E-state index contributed by atoms with van der Waals surface area (Å²) in [7, 11) is 0. The highest BCUT2D eigenvalue weighted by atomic mass is 16.4. The number of carboxylic acid groups (broad SMARTS) is 1. The number of aliphatic carboxylic acids is 1. The van der Waals surface area contributed by atoms with Crippen molar-refractivity contribution < 1.29 is 14.7 Å². The number of hydrogen-bond acceptors (Lipinski definition) is 4. The Kier molecular flexibility index (Phi) is 6.45. The Morgan fingerprint density at radius 2 is 1.95 bits per heavy atom. The quantitative estimate of drug-likeness (QED) is 0.774. The van der Waals surface area contributed by atoms with Crippen molar-refractivity contribution in [3.05, 3.63) is 0 Å². The first kappa shape index (κ1) is 16.2. The molecule has 0 radical (unpaired) electrons. The first-order chi connectivity index (χ1) is 10.1. The Hall–Kier alpha value is -1.14. The maximum Gasteiger partial charge on any atom is 0.317 e. The molecule has 2 rings (SSSR count). The molecule has 6 nitrogen and oxygen atoms in total. The lowest BCUT2D eigenvalue weighted by atomic mass is 10.0. The minimum atomic E-state index is -0.793. The maximum absolute atomic E-state index is 12.3. The highest BCUT2D eigenvalue weighted by molar-refractivity contribution is 5.76. The van der Waals surface area contributed by atoms with Crippen LogP contribution in [-0.4, -0.2) is 72.1 Å². The zero-order valence-electron chi connectivity index (χ0n) is 12.7. The molecule has 0 aliphatic carbocycles. The second-order valence-corrected chi connectivity index (χ2v) is 6.09. The van der Waals surface area contributed by atoms with Crippen molar-refractivity contribution >= 4 is 11.9 Å². The minimum absolute atomic E-state index is 0.0774. The van der Waals surface area contributed by atoms with Gasteiger partial charge in [0.05, 0.1) is 6.54 Å². The van der Waals surface area contributed by atoms with Crippen LogP contribution >= 0.6 is 0 Å². The summed E-state index contributed by atoms with van der Waals surface area (Å²) in [5.41, 5.74) is 0. The zero-order valence-corrected chi connectivity index (χ0v) is 12.7. The summed E-state index contributed by atoms with van der Waals surface area (Å²) in [6.45, 7) is 4.00. The second-order valence-electron chi connectivity index (χ2n) is 6.09. The van der Waals surface area contributed by atoms with Gasteiger partial charge in [-0.2, -0.15) is 0 Å². The van der Waals surface area contributed by atoms with E-state index in [-0.39, 0.29) is 12.5 Å². The van der Waals surface area contributed by atoms with Crippen molar-refractivity contribution in [2.75, 3.05) is 39.3 Å². The normalized spacial score (nSPS) is 24.6. The van der Waals surface area contributed by atoms with Gasteiger partial charge >= 0.3 is 5.97 Å². The van der Waals surface area contributed by atoms with Gasteiger partial charge in [0, 0.05) is 38.6 Å². The number of carboxylic acids is 1. The number of rotatable bonds is 5. The average molecular weight is 297 g/mol. The van der Waals surface area contributed by atoms with Gasteiger partial charge in [0.15, 0.2) is 0 Å². The molecular formula is C15H27N3O3. The Balaban J connectivity index is 1.70. The highest BCUT2D eigenvalue weighted by Crippen LogP contribution is 2.13. The van der Waals surface area contributed by atoms with Gasteiger partial charge in [-0.25, -0.2) is 0 Å². The molecule has 21 heavy (non-hydrogen) atoms. The lowest BCUT2D eigenvalue weighted by Gasteiger charge is -2.25. The van der Waals surface area contributed by atoms with Crippen molar-refractivity contribution in [3.8, 4) is 0 Å². The van der Waals surface area contributed by atoms with Crippen LogP contribution in [0.2, 0.25) is 0 Å². The molecule has 0 aromatic heterocycles. The maximum atomic E-state index is 12.3. The molecule has 0 aromatic carbocycles. The smallest absolute Gasteiger partial charge is 0.317 e. The number of carbonyl (C=O) groups is 2. The summed E-state index contributed by atoms with van der Waals surface area (Å²) in [5, 5.41) is 12.3. The van der Waals surface area contributed by atoms with E-state index < -0.39 is 5.97 Å². The third-order valence-electron chi connectivity index (χ3n) is 4.42. The standard InChI is InChI=1S/C15H27N3O3/c19-14(6-5-13-4-1-2-7-16-13)18-9-3-8-17(10-11-18)12-15(20)21/h13,16H,1-12H2,(H,20,21). The predicted octanol–water partition coefficient (Wildman–Crippen LogP) is 0.528. The molecule has 6 heteroatoms. The van der Waals surface area contributed by atoms with Crippen molar-refractivity contribution in [1.82, 2.24) is 15.1 Å². The van der Waals surface area contributed by atoms with E-state index in [1.165, 1.54) is 19.3 Å². The van der Waals surface area contributed by atoms with Crippen LogP contribution in [0, 0.1) is 0 Å². The summed E-state index contributed by atoms with van der Waals surface area (Å²) in [6, 6.07) is 0.498. The lowest BCUT2D eigenvalue weighted by Crippen LogP contribution is -2.38. The molecule has 1 atom stereocenters. The van der Waals surface area contributed by atoms with Crippen LogP contribution in [-0.2, 0) is 9.59 Å². The fourth-order valence-electron chi connectivity index (χ4n) is 3.20. The van der Waals surface area contributed by atoms with Gasteiger partial charge < -0.3 is 15.3 Å². The zero-order chi connectivity index (χ0) is 15.1. The SMILES string of the molecule is O=C(O)CN1CCCN(C(=O)CCC2CCCCN2)CC1. The first-order valence-electron chi connectivity index (χ1n) is 8.10. The van der Waals surface area contributed by atoms with Crippen molar-refractivity contribution in [2.45, 2.75) is 44.6 Å². The van der Waals surface area contributed by atoms with E-state index >= 15 is 0 Å². The molecular weight excluding hydrogens is 270 g/mol. The number of carbonyl (C=O) groups excluding carboxylic acids is 1. The molecule has 0 saturated carbocycles. The van der Waals surface area contributed by atoms with Crippen LogP contribution in [0.1, 0.15) is 38.5 Å². The topological polar surface area (TPSA) is 72.9 Å². The fraction of sp³-hybridized carbons (Fsp3) is 0.867. The van der Waals surface area contributed by atoms with E-state index in [4.69, 9.17) is 5.11 Å². The predicted molar refractivity (Wildman–Crippen MR) is 80.1 cm³/mol. The molecule has 0 spiro atoms. The van der Waals surface area contributed by atoms with Crippen LogP contribution in [0.3, 0.4) is 0 Å². The van der Waals surface area contributed by atoms with Crippen LogP contribution in [0.5, 0.6) is 0 Å². The van der Waals surface area contributed by atoms with Gasteiger partial charge in [-0.05, 0) is 32.2 Å². The van der Waals surface area contributed by atoms with Gasteiger partial charge in [-0.1, -0.05) is 6.42 Å². The van der Waals surface area contributed by atoms with Crippen LogP contribution < -0.4 is 5.32 Å². The third-order valence-corrected chi connectivity index (χ3v) is 4.42. The summed E-state index contributed by atoms with van der Waals surface area (Å²) in [6.07, 6.45) is 6.08. The van der Waals surface area contributed by atoms with Gasteiger partial charge in [-0.15, -0.1) is 0 Å². The largest absolute Gasteiger partial charge is 0.480 e. The monoisotopic (exact) mass is 297 g/mol. The fourth-order valence-corrected chi connectivity index (χ4v) is 3.20. The molecule has 1 unspecified atom stereocenters. The van der Waals surface area contributed by atoms with Gasteiger partial charge in [0.2, 0.25) is 5.91 Å². The van der Waals surface area contributed by atoms with Crippen molar-refractivity contribution in [1.29, 1.82) is 0 Å². The average Bonchev–Trinajstić information content (AvgIpc) is 2.71. The molecule has 2 fully saturated rings. The number of nitrogens with one attached hydrogen (secondary N) is 1. The Bertz CT molecular complexity index is 356. The molecule has 1 amide bonds. The number of piperidine rings is 1. The van der Waals surface area contributed by atoms with Crippen LogP contribution in [0.25, 0.3) is 0 Å². The van der Waals surface area contributed by atoms with E-state index in [2.05, 4.69) is 5.32 Å².